The first-order valence-electron chi connectivity index (χ1n) is 9.86. The van der Waals surface area contributed by atoms with Gasteiger partial charge < -0.3 is 21.3 Å². The Kier molecular flexibility index (Phi) is 5.64. The highest BCUT2D eigenvalue weighted by Gasteiger charge is 2.35. The maximum atomic E-state index is 12.9. The van der Waals surface area contributed by atoms with E-state index in [-0.39, 0.29) is 35.6 Å². The van der Waals surface area contributed by atoms with Gasteiger partial charge in [0.2, 0.25) is 23.7 Å². The minimum atomic E-state index is -0.981. The van der Waals surface area contributed by atoms with Crippen molar-refractivity contribution in [2.45, 2.75) is 25.2 Å². The molecule has 162 valence electrons. The SMILES string of the molecule is NC(=O)C1CCN(c2nc3c(c(=O)[nH]2)[C@H](C(=O)Nc2ccc(Cl)cc2)CC(=O)N3)CC1. The third-order valence-corrected chi connectivity index (χ3v) is 5.82. The second kappa shape index (κ2) is 8.38. The Morgan fingerprint density at radius 1 is 1.16 bits per heavy atom. The van der Waals surface area contributed by atoms with Gasteiger partial charge in [-0.15, -0.1) is 0 Å². The number of nitrogens with zero attached hydrogens (tertiary/aromatic N) is 2. The number of primary amides is 1. The molecule has 0 aliphatic carbocycles. The summed E-state index contributed by atoms with van der Waals surface area (Å²) >= 11 is 5.86. The van der Waals surface area contributed by atoms with Gasteiger partial charge in [-0.05, 0) is 37.1 Å². The number of hydrogen-bond acceptors (Lipinski definition) is 6. The van der Waals surface area contributed by atoms with Crippen LogP contribution < -0.4 is 26.8 Å². The molecule has 1 atom stereocenters. The van der Waals surface area contributed by atoms with Gasteiger partial charge in [0.15, 0.2) is 0 Å². The van der Waals surface area contributed by atoms with E-state index in [0.29, 0.717) is 36.6 Å². The molecule has 1 aromatic carbocycles. The van der Waals surface area contributed by atoms with E-state index in [1.165, 1.54) is 0 Å². The molecule has 31 heavy (non-hydrogen) atoms. The van der Waals surface area contributed by atoms with Crippen LogP contribution in [0.25, 0.3) is 0 Å². The average Bonchev–Trinajstić information content (AvgIpc) is 2.74. The first-order valence-corrected chi connectivity index (χ1v) is 10.2. The summed E-state index contributed by atoms with van der Waals surface area (Å²) in [5.41, 5.74) is 5.49. The number of rotatable bonds is 4. The lowest BCUT2D eigenvalue weighted by Crippen LogP contribution is -2.41. The summed E-state index contributed by atoms with van der Waals surface area (Å²) in [6.45, 7) is 0.980. The van der Waals surface area contributed by atoms with Gasteiger partial charge in [0, 0.05) is 36.1 Å². The molecule has 1 aromatic heterocycles. The van der Waals surface area contributed by atoms with Crippen LogP contribution in [0.1, 0.15) is 30.7 Å². The van der Waals surface area contributed by atoms with Crippen molar-refractivity contribution in [2.24, 2.45) is 11.7 Å². The summed E-state index contributed by atoms with van der Waals surface area (Å²) in [7, 11) is 0. The quantitative estimate of drug-likeness (QED) is 0.556. The van der Waals surface area contributed by atoms with E-state index >= 15 is 0 Å². The van der Waals surface area contributed by atoms with Crippen LogP contribution in [-0.4, -0.2) is 40.8 Å². The van der Waals surface area contributed by atoms with Crippen LogP contribution in [0.15, 0.2) is 29.1 Å². The van der Waals surface area contributed by atoms with Crippen LogP contribution >= 0.6 is 11.6 Å². The van der Waals surface area contributed by atoms with Gasteiger partial charge in [0.05, 0.1) is 11.5 Å². The summed E-state index contributed by atoms with van der Waals surface area (Å²) in [5, 5.41) is 5.83. The van der Waals surface area contributed by atoms with Gasteiger partial charge in [0.1, 0.15) is 5.82 Å². The largest absolute Gasteiger partial charge is 0.369 e. The van der Waals surface area contributed by atoms with E-state index in [1.54, 1.807) is 24.3 Å². The number of amides is 3. The number of aromatic nitrogens is 2. The van der Waals surface area contributed by atoms with Gasteiger partial charge in [-0.25, -0.2) is 0 Å². The summed E-state index contributed by atoms with van der Waals surface area (Å²) in [6.07, 6.45) is 0.934. The smallest absolute Gasteiger partial charge is 0.258 e. The number of nitrogens with one attached hydrogen (secondary N) is 3. The molecule has 0 spiro atoms. The molecule has 0 radical (unpaired) electrons. The van der Waals surface area contributed by atoms with Crippen LogP contribution in [-0.2, 0) is 14.4 Å². The monoisotopic (exact) mass is 444 g/mol. The standard InChI is InChI=1S/C20H21ClN6O4/c21-11-1-3-12(4-2-11)23-18(30)13-9-14(28)24-17-15(13)19(31)26-20(25-17)27-7-5-10(6-8-27)16(22)29/h1-4,10,13H,5-9H2,(H2,22,29)(H,23,30)(H2,24,25,26,28,31)/t13-/m1/s1. The first-order chi connectivity index (χ1) is 14.8. The normalized spacial score (nSPS) is 18.8. The van der Waals surface area contributed by atoms with Gasteiger partial charge in [0.25, 0.3) is 5.56 Å². The van der Waals surface area contributed by atoms with Crippen LogP contribution in [0.2, 0.25) is 5.02 Å². The second-order valence-corrected chi connectivity index (χ2v) is 8.05. The highest BCUT2D eigenvalue weighted by Crippen LogP contribution is 2.31. The van der Waals surface area contributed by atoms with Gasteiger partial charge in [-0.1, -0.05) is 11.6 Å². The molecule has 4 rings (SSSR count). The van der Waals surface area contributed by atoms with Crippen LogP contribution in [0.3, 0.4) is 0 Å². The molecule has 0 unspecified atom stereocenters. The van der Waals surface area contributed by atoms with Gasteiger partial charge in [-0.2, -0.15) is 4.98 Å². The number of carbonyl (C=O) groups is 3. The van der Waals surface area contributed by atoms with Crippen LogP contribution in [0.5, 0.6) is 0 Å². The van der Waals surface area contributed by atoms with E-state index in [1.807, 2.05) is 4.90 Å². The molecule has 3 amide bonds. The number of halogens is 1. The molecule has 2 aromatic rings. The van der Waals surface area contributed by atoms with E-state index in [0.717, 1.165) is 0 Å². The maximum Gasteiger partial charge on any atom is 0.258 e. The van der Waals surface area contributed by atoms with E-state index in [4.69, 9.17) is 17.3 Å². The predicted molar refractivity (Wildman–Crippen MR) is 115 cm³/mol. The summed E-state index contributed by atoms with van der Waals surface area (Å²) in [4.78, 5) is 58.2. The average molecular weight is 445 g/mol. The van der Waals surface area contributed by atoms with Crippen molar-refractivity contribution >= 4 is 46.8 Å². The summed E-state index contributed by atoms with van der Waals surface area (Å²) in [6, 6.07) is 6.51. The lowest BCUT2D eigenvalue weighted by Gasteiger charge is -2.32. The number of aromatic amines is 1. The third-order valence-electron chi connectivity index (χ3n) is 5.56. The fourth-order valence-corrected chi connectivity index (χ4v) is 4.00. The summed E-state index contributed by atoms with van der Waals surface area (Å²) in [5.74, 6) is -2.06. The number of fused-ring (bicyclic) bond motifs is 1. The molecule has 1 saturated heterocycles. The highest BCUT2D eigenvalue weighted by atomic mass is 35.5. The minimum absolute atomic E-state index is 0.0725. The topological polar surface area (TPSA) is 150 Å². The first kappa shape index (κ1) is 20.9. The van der Waals surface area contributed by atoms with Crippen molar-refractivity contribution in [3.05, 3.63) is 45.2 Å². The van der Waals surface area contributed by atoms with Crippen molar-refractivity contribution in [1.29, 1.82) is 0 Å². The molecule has 1 fully saturated rings. The Hall–Kier alpha value is -3.40. The third kappa shape index (κ3) is 4.38. The van der Waals surface area contributed by atoms with Crippen molar-refractivity contribution < 1.29 is 14.4 Å². The number of piperidine rings is 1. The lowest BCUT2D eigenvalue weighted by atomic mass is 9.92. The molecule has 2 aliphatic rings. The molecule has 10 nitrogen and oxygen atoms in total. The zero-order valence-corrected chi connectivity index (χ0v) is 17.2. The van der Waals surface area contributed by atoms with Gasteiger partial charge in [-0.3, -0.25) is 24.2 Å². The maximum absolute atomic E-state index is 12.9. The minimum Gasteiger partial charge on any atom is -0.369 e. The van der Waals surface area contributed by atoms with E-state index < -0.39 is 23.3 Å². The summed E-state index contributed by atoms with van der Waals surface area (Å²) < 4.78 is 0. The van der Waals surface area contributed by atoms with Crippen LogP contribution in [0, 0.1) is 5.92 Å². The molecule has 2 aliphatic heterocycles. The molecule has 5 N–H and O–H groups in total. The Balaban J connectivity index is 1.58. The number of nitrogens with two attached hydrogens (primary N) is 1. The van der Waals surface area contributed by atoms with Crippen LogP contribution in [0.4, 0.5) is 17.5 Å². The number of H-pyrrole nitrogens is 1. The van der Waals surface area contributed by atoms with Gasteiger partial charge >= 0.3 is 0 Å². The highest BCUT2D eigenvalue weighted by molar-refractivity contribution is 6.30. The Morgan fingerprint density at radius 3 is 2.48 bits per heavy atom. The Bertz CT molecular complexity index is 1090. The Labute approximate surface area is 182 Å². The zero-order chi connectivity index (χ0) is 22.1. The Morgan fingerprint density at radius 2 is 1.84 bits per heavy atom. The van der Waals surface area contributed by atoms with E-state index in [9.17, 15) is 19.2 Å². The van der Waals surface area contributed by atoms with Crippen molar-refractivity contribution in [2.75, 3.05) is 28.6 Å². The molecular formula is C20H21ClN6O4. The number of benzene rings is 1. The fraction of sp³-hybridized carbons (Fsp3) is 0.350. The fourth-order valence-electron chi connectivity index (χ4n) is 3.87. The second-order valence-electron chi connectivity index (χ2n) is 7.62. The number of anilines is 3. The number of hydrogen-bond donors (Lipinski definition) is 4. The van der Waals surface area contributed by atoms with Crippen molar-refractivity contribution in [1.82, 2.24) is 9.97 Å². The molecule has 3 heterocycles. The number of carbonyl (C=O) groups excluding carboxylic acids is 3. The van der Waals surface area contributed by atoms with Crippen molar-refractivity contribution in [3.8, 4) is 0 Å². The lowest BCUT2D eigenvalue weighted by molar-refractivity contribution is -0.123. The zero-order valence-electron chi connectivity index (χ0n) is 16.5. The molecule has 11 heteroatoms. The molecular weight excluding hydrogens is 424 g/mol. The van der Waals surface area contributed by atoms with Crippen molar-refractivity contribution in [3.63, 3.8) is 0 Å². The molecule has 0 saturated carbocycles. The predicted octanol–water partition coefficient (Wildman–Crippen LogP) is 1.19. The van der Waals surface area contributed by atoms with E-state index in [2.05, 4.69) is 20.6 Å². The molecule has 0 bridgehead atoms.